The van der Waals surface area contributed by atoms with Crippen LogP contribution in [-0.2, 0) is 5.41 Å². The van der Waals surface area contributed by atoms with Crippen molar-refractivity contribution in [3.8, 4) is 67.3 Å². The van der Waals surface area contributed by atoms with Gasteiger partial charge in [0.25, 0.3) is 0 Å². The van der Waals surface area contributed by atoms with Crippen LogP contribution in [0.15, 0.2) is 206 Å². The van der Waals surface area contributed by atoms with Gasteiger partial charge < -0.3 is 0 Å². The smallest absolute Gasteiger partial charge is 0.160 e. The topological polar surface area (TPSA) is 25.8 Å². The van der Waals surface area contributed by atoms with Crippen molar-refractivity contribution in [3.63, 3.8) is 0 Å². The predicted molar refractivity (Wildman–Crippen MR) is 272 cm³/mol. The van der Waals surface area contributed by atoms with Crippen molar-refractivity contribution in [2.75, 3.05) is 0 Å². The van der Waals surface area contributed by atoms with Gasteiger partial charge in [-0.15, -0.1) is 11.3 Å². The molecule has 0 bridgehead atoms. The van der Waals surface area contributed by atoms with Crippen molar-refractivity contribution < 1.29 is 0 Å². The zero-order valence-corrected chi connectivity index (χ0v) is 36.2. The number of nitrogens with zero attached hydrogens (tertiary/aromatic N) is 2. The minimum atomic E-state index is -0.181. The third kappa shape index (κ3) is 5.51. The van der Waals surface area contributed by atoms with Crippen molar-refractivity contribution in [3.05, 3.63) is 217 Å². The average molecular weight is 833 g/mol. The first-order valence-electron chi connectivity index (χ1n) is 22.1. The van der Waals surface area contributed by atoms with Gasteiger partial charge in [-0.1, -0.05) is 202 Å². The number of hydrogen-bond acceptors (Lipinski definition) is 3. The van der Waals surface area contributed by atoms with E-state index in [0.717, 1.165) is 33.5 Å². The molecule has 13 rings (SSSR count). The third-order valence-electron chi connectivity index (χ3n) is 13.7. The summed E-state index contributed by atoms with van der Waals surface area (Å²) < 4.78 is 2.53. The Kier molecular flexibility index (Phi) is 8.16. The van der Waals surface area contributed by atoms with E-state index in [1.165, 1.54) is 91.6 Å². The second-order valence-corrected chi connectivity index (χ2v) is 18.7. The Morgan fingerprint density at radius 2 is 0.812 bits per heavy atom. The van der Waals surface area contributed by atoms with E-state index in [2.05, 4.69) is 214 Å². The number of hydrogen-bond donors (Lipinski definition) is 0. The van der Waals surface area contributed by atoms with Gasteiger partial charge in [0.05, 0.1) is 11.4 Å². The molecule has 1 aliphatic carbocycles. The van der Waals surface area contributed by atoms with Gasteiger partial charge in [0.2, 0.25) is 0 Å². The summed E-state index contributed by atoms with van der Waals surface area (Å²) in [6.07, 6.45) is 0. The second-order valence-electron chi connectivity index (χ2n) is 17.6. The highest BCUT2D eigenvalue weighted by Gasteiger charge is 2.39. The molecular formula is C61H40N2S. The highest BCUT2D eigenvalue weighted by molar-refractivity contribution is 7.25. The zero-order valence-electron chi connectivity index (χ0n) is 35.4. The Hall–Kier alpha value is -7.72. The molecule has 2 nitrogen and oxygen atoms in total. The summed E-state index contributed by atoms with van der Waals surface area (Å²) in [5.41, 5.74) is 15.3. The van der Waals surface area contributed by atoms with Crippen LogP contribution in [0.2, 0.25) is 0 Å². The lowest BCUT2D eigenvalue weighted by Gasteiger charge is -2.26. The highest BCUT2D eigenvalue weighted by Crippen LogP contribution is 2.55. The van der Waals surface area contributed by atoms with Crippen molar-refractivity contribution in [2.45, 2.75) is 19.3 Å². The lowest BCUT2D eigenvalue weighted by Crippen LogP contribution is -2.17. The van der Waals surface area contributed by atoms with E-state index in [0.29, 0.717) is 5.82 Å². The van der Waals surface area contributed by atoms with Crippen LogP contribution in [0.3, 0.4) is 0 Å². The normalized spacial score (nSPS) is 13.0. The van der Waals surface area contributed by atoms with E-state index in [1.807, 2.05) is 17.4 Å². The van der Waals surface area contributed by atoms with E-state index < -0.39 is 0 Å². The van der Waals surface area contributed by atoms with Crippen LogP contribution in [0.1, 0.15) is 25.0 Å². The fourth-order valence-corrected chi connectivity index (χ4v) is 12.1. The molecule has 0 amide bonds. The van der Waals surface area contributed by atoms with Gasteiger partial charge in [-0.25, -0.2) is 9.97 Å². The summed E-state index contributed by atoms with van der Waals surface area (Å²) in [7, 11) is 0. The predicted octanol–water partition coefficient (Wildman–Crippen LogP) is 16.9. The summed E-state index contributed by atoms with van der Waals surface area (Å²) in [5.74, 6) is 0.714. The zero-order chi connectivity index (χ0) is 42.5. The second kappa shape index (κ2) is 14.2. The lowest BCUT2D eigenvalue weighted by molar-refractivity contribution is 0.668. The molecule has 2 heterocycles. The van der Waals surface area contributed by atoms with E-state index in [1.54, 1.807) is 0 Å². The Morgan fingerprint density at radius 3 is 1.52 bits per heavy atom. The van der Waals surface area contributed by atoms with Gasteiger partial charge in [0.1, 0.15) is 0 Å². The molecule has 0 spiro atoms. The van der Waals surface area contributed by atoms with Crippen molar-refractivity contribution in [1.82, 2.24) is 9.97 Å². The summed E-state index contributed by atoms with van der Waals surface area (Å²) in [6.45, 7) is 4.82. The van der Waals surface area contributed by atoms with Gasteiger partial charge in [-0.3, -0.25) is 0 Å². The molecule has 0 atom stereocenters. The molecule has 64 heavy (non-hydrogen) atoms. The number of aromatic nitrogens is 2. The maximum Gasteiger partial charge on any atom is 0.160 e. The molecule has 0 saturated heterocycles. The van der Waals surface area contributed by atoms with E-state index >= 15 is 0 Å². The molecule has 3 heteroatoms. The number of fused-ring (bicyclic) bond motifs is 10. The quantitative estimate of drug-likeness (QED) is 0.173. The summed E-state index contributed by atoms with van der Waals surface area (Å²) in [4.78, 5) is 10.6. The van der Waals surface area contributed by atoms with Crippen LogP contribution >= 0.6 is 11.3 Å². The van der Waals surface area contributed by atoms with Crippen molar-refractivity contribution >= 4 is 63.8 Å². The van der Waals surface area contributed by atoms with Crippen LogP contribution in [0.4, 0.5) is 0 Å². The average Bonchev–Trinajstić information content (AvgIpc) is 3.85. The van der Waals surface area contributed by atoms with E-state index in [4.69, 9.17) is 9.97 Å². The first-order valence-corrected chi connectivity index (χ1v) is 22.9. The minimum Gasteiger partial charge on any atom is -0.228 e. The largest absolute Gasteiger partial charge is 0.228 e. The Labute approximate surface area is 375 Å². The van der Waals surface area contributed by atoms with Crippen LogP contribution in [-0.4, -0.2) is 9.97 Å². The molecule has 0 radical (unpaired) electrons. The monoisotopic (exact) mass is 832 g/mol. The van der Waals surface area contributed by atoms with Gasteiger partial charge in [0, 0.05) is 42.3 Å². The molecule has 10 aromatic carbocycles. The molecule has 12 aromatic rings. The van der Waals surface area contributed by atoms with E-state index in [-0.39, 0.29) is 5.41 Å². The standard InChI is InChI=1S/C61H40N2S/c1-61(2)58-39-19-7-6-16-37(39)30-31-50(58)49-26-14-25-48(59(49)61)46-33-32-44(40-20-8-9-21-41(40)46)45-34-35-47(43-23-11-10-22-42(43)45)53-36-54(63-60(62-53)38-17-4-3-5-18-38)51-27-15-29-56-57(51)52-24-12-13-28-55(52)64-56/h3-36H,1-2H3. The van der Waals surface area contributed by atoms with Gasteiger partial charge in [0.15, 0.2) is 5.82 Å². The van der Waals surface area contributed by atoms with Gasteiger partial charge >= 0.3 is 0 Å². The minimum absolute atomic E-state index is 0.181. The molecular weight excluding hydrogens is 793 g/mol. The highest BCUT2D eigenvalue weighted by atomic mass is 32.1. The fraction of sp³-hybridized carbons (Fsp3) is 0.0492. The van der Waals surface area contributed by atoms with Gasteiger partial charge in [-0.2, -0.15) is 0 Å². The lowest BCUT2D eigenvalue weighted by atomic mass is 9.76. The van der Waals surface area contributed by atoms with Crippen molar-refractivity contribution in [1.29, 1.82) is 0 Å². The first kappa shape index (κ1) is 36.9. The molecule has 300 valence electrons. The maximum absolute atomic E-state index is 5.34. The third-order valence-corrected chi connectivity index (χ3v) is 14.8. The SMILES string of the molecule is CC1(C)c2c(cccc2-c2ccc(-c3ccc(-c4cc(-c5cccc6sc7ccccc7c56)nc(-c5ccccc5)n4)c4ccccc34)c3ccccc23)-c2ccc3ccccc3c21. The number of benzene rings is 10. The molecule has 0 saturated carbocycles. The van der Waals surface area contributed by atoms with Crippen molar-refractivity contribution in [2.24, 2.45) is 0 Å². The number of rotatable bonds is 5. The Morgan fingerprint density at radius 1 is 0.344 bits per heavy atom. The van der Waals surface area contributed by atoms with E-state index in [9.17, 15) is 0 Å². The van der Waals surface area contributed by atoms with Crippen LogP contribution in [0.5, 0.6) is 0 Å². The Balaban J connectivity index is 0.983. The molecule has 0 N–H and O–H groups in total. The first-order chi connectivity index (χ1) is 31.5. The molecule has 1 aliphatic rings. The summed E-state index contributed by atoms with van der Waals surface area (Å²) in [5, 5.41) is 9.96. The maximum atomic E-state index is 5.34. The van der Waals surface area contributed by atoms with Crippen LogP contribution in [0.25, 0.3) is 120 Å². The fourth-order valence-electron chi connectivity index (χ4n) is 10.9. The summed E-state index contributed by atoms with van der Waals surface area (Å²) >= 11 is 1.83. The van der Waals surface area contributed by atoms with Crippen LogP contribution in [0, 0.1) is 0 Å². The van der Waals surface area contributed by atoms with Crippen LogP contribution < -0.4 is 0 Å². The summed E-state index contributed by atoms with van der Waals surface area (Å²) in [6, 6.07) is 75.3. The molecule has 0 aliphatic heterocycles. The Bertz CT molecular complexity index is 3880. The molecule has 0 unspecified atom stereocenters. The molecule has 2 aromatic heterocycles. The van der Waals surface area contributed by atoms with Gasteiger partial charge in [-0.05, 0) is 95.0 Å². The molecule has 0 fully saturated rings. The number of thiophene rings is 1.